The SMILES string of the molecule is CCOc1cc(C(=O)O[C@H](C(=O)Nc2ccc(OC)c(Cl)c2)c2ccccc2)cc(OCC)c1OCC. The number of methoxy groups -OCH3 is 1. The summed E-state index contributed by atoms with van der Waals surface area (Å²) in [5.74, 6) is 0.267. The standard InChI is InChI=1S/C28H30ClNO7/c1-5-34-23-15-19(16-24(35-6-2)26(23)36-7-3)28(32)37-25(18-11-9-8-10-12-18)27(31)30-20-13-14-22(33-4)21(29)17-20/h8-17,25H,5-7H2,1-4H3,(H,30,31)/t25-/m0/s1. The van der Waals surface area contributed by atoms with Gasteiger partial charge in [0.05, 0.1) is 37.5 Å². The number of ether oxygens (including phenoxy) is 5. The van der Waals surface area contributed by atoms with Gasteiger partial charge in [-0.3, -0.25) is 4.79 Å². The molecule has 0 saturated carbocycles. The van der Waals surface area contributed by atoms with Crippen LogP contribution in [0.2, 0.25) is 5.02 Å². The number of carbonyl (C=O) groups is 2. The summed E-state index contributed by atoms with van der Waals surface area (Å²) in [6.45, 7) is 6.57. The Morgan fingerprint density at radius 3 is 2.00 bits per heavy atom. The molecule has 1 atom stereocenters. The zero-order valence-corrected chi connectivity index (χ0v) is 22.0. The van der Waals surface area contributed by atoms with E-state index in [1.807, 2.05) is 20.8 Å². The lowest BCUT2D eigenvalue weighted by atomic mass is 10.1. The van der Waals surface area contributed by atoms with Crippen LogP contribution in [0, 0.1) is 0 Å². The molecule has 37 heavy (non-hydrogen) atoms. The van der Waals surface area contributed by atoms with Gasteiger partial charge in [-0.25, -0.2) is 4.79 Å². The number of halogens is 1. The molecule has 0 fully saturated rings. The summed E-state index contributed by atoms with van der Waals surface area (Å²) in [4.78, 5) is 26.6. The number of hydrogen-bond donors (Lipinski definition) is 1. The maximum absolute atomic E-state index is 13.3. The number of amides is 1. The first-order valence-electron chi connectivity index (χ1n) is 11.9. The molecule has 0 aliphatic heterocycles. The van der Waals surface area contributed by atoms with E-state index in [0.717, 1.165) is 0 Å². The van der Waals surface area contributed by atoms with Crippen LogP contribution in [0.1, 0.15) is 42.8 Å². The minimum atomic E-state index is -1.24. The first-order chi connectivity index (χ1) is 17.9. The second kappa shape index (κ2) is 13.4. The lowest BCUT2D eigenvalue weighted by molar-refractivity contribution is -0.125. The highest BCUT2D eigenvalue weighted by Crippen LogP contribution is 2.39. The van der Waals surface area contributed by atoms with Gasteiger partial charge in [0.25, 0.3) is 5.91 Å². The fourth-order valence-corrected chi connectivity index (χ4v) is 3.79. The van der Waals surface area contributed by atoms with E-state index in [4.69, 9.17) is 35.3 Å². The van der Waals surface area contributed by atoms with Crippen molar-refractivity contribution < 1.29 is 33.3 Å². The third kappa shape index (κ3) is 7.07. The summed E-state index contributed by atoms with van der Waals surface area (Å²) < 4.78 is 28.0. The Morgan fingerprint density at radius 2 is 1.46 bits per heavy atom. The molecule has 0 radical (unpaired) electrons. The Morgan fingerprint density at radius 1 is 0.838 bits per heavy atom. The van der Waals surface area contributed by atoms with Crippen LogP contribution in [0.3, 0.4) is 0 Å². The predicted octanol–water partition coefficient (Wildman–Crippen LogP) is 6.08. The van der Waals surface area contributed by atoms with Crippen molar-refractivity contribution >= 4 is 29.2 Å². The van der Waals surface area contributed by atoms with Crippen LogP contribution in [-0.2, 0) is 9.53 Å². The number of nitrogens with one attached hydrogen (secondary N) is 1. The van der Waals surface area contributed by atoms with Gasteiger partial charge in [0.1, 0.15) is 5.75 Å². The highest BCUT2D eigenvalue weighted by Gasteiger charge is 2.28. The van der Waals surface area contributed by atoms with Crippen molar-refractivity contribution in [3.63, 3.8) is 0 Å². The van der Waals surface area contributed by atoms with Gasteiger partial charge >= 0.3 is 5.97 Å². The Hall–Kier alpha value is -3.91. The van der Waals surface area contributed by atoms with Crippen LogP contribution in [0.25, 0.3) is 0 Å². The largest absolute Gasteiger partial charge is 0.495 e. The summed E-state index contributed by atoms with van der Waals surface area (Å²) in [6, 6.07) is 16.6. The van der Waals surface area contributed by atoms with Crippen LogP contribution in [0.5, 0.6) is 23.0 Å². The Kier molecular flexibility index (Phi) is 10.0. The van der Waals surface area contributed by atoms with Crippen LogP contribution in [0.4, 0.5) is 5.69 Å². The molecular weight excluding hydrogens is 498 g/mol. The van der Waals surface area contributed by atoms with Crippen LogP contribution < -0.4 is 24.3 Å². The van der Waals surface area contributed by atoms with E-state index < -0.39 is 18.0 Å². The number of anilines is 1. The van der Waals surface area contributed by atoms with Crippen molar-refractivity contribution in [1.29, 1.82) is 0 Å². The molecular formula is C28H30ClNO7. The number of esters is 1. The fourth-order valence-electron chi connectivity index (χ4n) is 3.53. The van der Waals surface area contributed by atoms with E-state index in [-0.39, 0.29) is 5.56 Å². The minimum Gasteiger partial charge on any atom is -0.495 e. The average Bonchev–Trinajstić information content (AvgIpc) is 2.89. The van der Waals surface area contributed by atoms with Crippen molar-refractivity contribution in [2.24, 2.45) is 0 Å². The van der Waals surface area contributed by atoms with Gasteiger partial charge in [0.15, 0.2) is 11.5 Å². The van der Waals surface area contributed by atoms with E-state index in [9.17, 15) is 9.59 Å². The van der Waals surface area contributed by atoms with Gasteiger partial charge in [-0.05, 0) is 51.1 Å². The highest BCUT2D eigenvalue weighted by atomic mass is 35.5. The molecule has 0 spiro atoms. The molecule has 3 rings (SSSR count). The molecule has 1 N–H and O–H groups in total. The molecule has 3 aromatic carbocycles. The lowest BCUT2D eigenvalue weighted by Crippen LogP contribution is -2.26. The second-order valence-electron chi connectivity index (χ2n) is 7.64. The molecule has 1 amide bonds. The average molecular weight is 528 g/mol. The second-order valence-corrected chi connectivity index (χ2v) is 8.04. The van der Waals surface area contributed by atoms with Crippen LogP contribution >= 0.6 is 11.6 Å². The summed E-state index contributed by atoms with van der Waals surface area (Å²) in [7, 11) is 1.50. The number of hydrogen-bond acceptors (Lipinski definition) is 7. The number of carbonyl (C=O) groups excluding carboxylic acids is 2. The van der Waals surface area contributed by atoms with Gasteiger partial charge in [-0.1, -0.05) is 41.9 Å². The van der Waals surface area contributed by atoms with Crippen molar-refractivity contribution in [1.82, 2.24) is 0 Å². The summed E-state index contributed by atoms with van der Waals surface area (Å²) >= 11 is 6.19. The van der Waals surface area contributed by atoms with Crippen molar-refractivity contribution in [2.45, 2.75) is 26.9 Å². The fraction of sp³-hybridized carbons (Fsp3) is 0.286. The van der Waals surface area contributed by atoms with Gasteiger partial charge < -0.3 is 29.0 Å². The third-order valence-corrected chi connectivity index (χ3v) is 5.42. The summed E-state index contributed by atoms with van der Waals surface area (Å²) in [5, 5.41) is 3.08. The molecule has 196 valence electrons. The van der Waals surface area contributed by atoms with Gasteiger partial charge in [0.2, 0.25) is 11.9 Å². The van der Waals surface area contributed by atoms with Gasteiger partial charge in [-0.2, -0.15) is 0 Å². The smallest absolute Gasteiger partial charge is 0.339 e. The molecule has 0 aromatic heterocycles. The van der Waals surface area contributed by atoms with E-state index in [1.54, 1.807) is 48.5 Å². The summed E-state index contributed by atoms with van der Waals surface area (Å²) in [6.07, 6.45) is -1.24. The molecule has 3 aromatic rings. The molecule has 0 heterocycles. The van der Waals surface area contributed by atoms with Crippen molar-refractivity contribution in [3.8, 4) is 23.0 Å². The number of benzene rings is 3. The molecule has 0 aliphatic carbocycles. The predicted molar refractivity (Wildman–Crippen MR) is 141 cm³/mol. The van der Waals surface area contributed by atoms with E-state index in [0.29, 0.717) is 59.1 Å². The zero-order chi connectivity index (χ0) is 26.8. The highest BCUT2D eigenvalue weighted by molar-refractivity contribution is 6.32. The normalized spacial score (nSPS) is 11.3. The maximum atomic E-state index is 13.3. The number of rotatable bonds is 12. The first-order valence-corrected chi connectivity index (χ1v) is 12.3. The molecule has 8 nitrogen and oxygen atoms in total. The molecule has 0 saturated heterocycles. The summed E-state index contributed by atoms with van der Waals surface area (Å²) in [5.41, 5.74) is 1.07. The van der Waals surface area contributed by atoms with E-state index in [2.05, 4.69) is 5.32 Å². The van der Waals surface area contributed by atoms with Crippen LogP contribution in [0.15, 0.2) is 60.7 Å². The molecule has 0 aliphatic rings. The van der Waals surface area contributed by atoms with Crippen LogP contribution in [-0.4, -0.2) is 38.8 Å². The van der Waals surface area contributed by atoms with Crippen molar-refractivity contribution in [2.75, 3.05) is 32.2 Å². The quantitative estimate of drug-likeness (QED) is 0.285. The molecule has 0 bridgehead atoms. The molecule has 0 unspecified atom stereocenters. The molecule has 9 heteroatoms. The minimum absolute atomic E-state index is 0.150. The first kappa shape index (κ1) is 27.7. The Bertz CT molecular complexity index is 1190. The Labute approximate surface area is 221 Å². The van der Waals surface area contributed by atoms with Gasteiger partial charge in [0, 0.05) is 11.3 Å². The van der Waals surface area contributed by atoms with Gasteiger partial charge in [-0.15, -0.1) is 0 Å². The third-order valence-electron chi connectivity index (χ3n) is 5.13. The van der Waals surface area contributed by atoms with E-state index in [1.165, 1.54) is 19.2 Å². The van der Waals surface area contributed by atoms with E-state index >= 15 is 0 Å². The maximum Gasteiger partial charge on any atom is 0.339 e. The lowest BCUT2D eigenvalue weighted by Gasteiger charge is -2.20. The monoisotopic (exact) mass is 527 g/mol. The Balaban J connectivity index is 1.93. The topological polar surface area (TPSA) is 92.3 Å². The zero-order valence-electron chi connectivity index (χ0n) is 21.2. The van der Waals surface area contributed by atoms with Crippen molar-refractivity contribution in [3.05, 3.63) is 76.8 Å².